The van der Waals surface area contributed by atoms with E-state index in [4.69, 9.17) is 4.74 Å². The van der Waals surface area contributed by atoms with Crippen LogP contribution in [-0.4, -0.2) is 73.0 Å². The number of aliphatic hydroxyl groups excluding tert-OH is 1. The van der Waals surface area contributed by atoms with Gasteiger partial charge < -0.3 is 14.7 Å². The van der Waals surface area contributed by atoms with E-state index in [0.29, 0.717) is 6.61 Å². The molecule has 0 aromatic carbocycles. The average molecular weight is 312 g/mol. The number of ether oxygens (including phenoxy) is 1. The summed E-state index contributed by atoms with van der Waals surface area (Å²) in [7, 11) is 0. The van der Waals surface area contributed by atoms with Gasteiger partial charge >= 0.3 is 0 Å². The molecule has 4 nitrogen and oxygen atoms in total. The third-order valence-corrected chi connectivity index (χ3v) is 5.01. The highest BCUT2D eigenvalue weighted by Gasteiger charge is 2.21. The number of rotatable bonds is 7. The first kappa shape index (κ1) is 18.2. The standard InChI is InChI=1S/C18H36N2O2/c1-16(2)22-15-18(21)14-20-10-6-9-19(11-12-20)13-17-7-4-3-5-8-17/h16-18,21H,3-15H2,1-2H3. The van der Waals surface area contributed by atoms with Gasteiger partial charge in [0.15, 0.2) is 0 Å². The lowest BCUT2D eigenvalue weighted by Gasteiger charge is -2.29. The lowest BCUT2D eigenvalue weighted by molar-refractivity contribution is -0.00801. The van der Waals surface area contributed by atoms with Crippen molar-refractivity contribution in [3.63, 3.8) is 0 Å². The van der Waals surface area contributed by atoms with E-state index in [1.165, 1.54) is 51.6 Å². The summed E-state index contributed by atoms with van der Waals surface area (Å²) in [6.45, 7) is 11.1. The monoisotopic (exact) mass is 312 g/mol. The van der Waals surface area contributed by atoms with Gasteiger partial charge in [0, 0.05) is 26.2 Å². The number of aliphatic hydroxyl groups is 1. The summed E-state index contributed by atoms with van der Waals surface area (Å²) in [6, 6.07) is 0. The van der Waals surface area contributed by atoms with Crippen LogP contribution in [0.25, 0.3) is 0 Å². The maximum Gasteiger partial charge on any atom is 0.0900 e. The largest absolute Gasteiger partial charge is 0.389 e. The average Bonchev–Trinajstić information content (AvgIpc) is 2.72. The zero-order valence-electron chi connectivity index (χ0n) is 14.7. The fraction of sp³-hybridized carbons (Fsp3) is 1.00. The third kappa shape index (κ3) is 6.95. The first-order chi connectivity index (χ1) is 10.6. The lowest BCUT2D eigenvalue weighted by Crippen LogP contribution is -2.38. The summed E-state index contributed by atoms with van der Waals surface area (Å²) < 4.78 is 5.51. The molecule has 1 heterocycles. The Morgan fingerprint density at radius 3 is 2.36 bits per heavy atom. The second kappa shape index (κ2) is 9.86. The van der Waals surface area contributed by atoms with Crippen LogP contribution >= 0.6 is 0 Å². The fourth-order valence-electron chi connectivity index (χ4n) is 3.78. The molecule has 1 unspecified atom stereocenters. The van der Waals surface area contributed by atoms with Gasteiger partial charge in [-0.2, -0.15) is 0 Å². The molecule has 1 atom stereocenters. The van der Waals surface area contributed by atoms with Crippen molar-refractivity contribution >= 4 is 0 Å². The lowest BCUT2D eigenvalue weighted by atomic mass is 9.89. The van der Waals surface area contributed by atoms with Gasteiger partial charge in [0.25, 0.3) is 0 Å². The van der Waals surface area contributed by atoms with Gasteiger partial charge in [-0.3, -0.25) is 4.90 Å². The van der Waals surface area contributed by atoms with E-state index < -0.39 is 0 Å². The molecule has 0 spiro atoms. The Morgan fingerprint density at radius 1 is 0.955 bits per heavy atom. The molecule has 0 aromatic rings. The minimum atomic E-state index is -0.354. The number of β-amino-alcohol motifs (C(OH)–C–C–N with tert-alkyl or cyclic N) is 1. The van der Waals surface area contributed by atoms with Crippen molar-refractivity contribution in [2.24, 2.45) is 5.92 Å². The highest BCUT2D eigenvalue weighted by molar-refractivity contribution is 4.76. The van der Waals surface area contributed by atoms with Crippen LogP contribution in [0.15, 0.2) is 0 Å². The van der Waals surface area contributed by atoms with Crippen molar-refractivity contribution in [2.45, 2.75) is 64.6 Å². The fourth-order valence-corrected chi connectivity index (χ4v) is 3.78. The zero-order valence-corrected chi connectivity index (χ0v) is 14.7. The van der Waals surface area contributed by atoms with Crippen molar-refractivity contribution < 1.29 is 9.84 Å². The van der Waals surface area contributed by atoms with Crippen molar-refractivity contribution in [2.75, 3.05) is 45.9 Å². The predicted molar refractivity (Wildman–Crippen MR) is 91.2 cm³/mol. The molecule has 0 amide bonds. The summed E-state index contributed by atoms with van der Waals surface area (Å²) in [5.74, 6) is 0.935. The van der Waals surface area contributed by atoms with Crippen LogP contribution in [0.3, 0.4) is 0 Å². The molecule has 2 fully saturated rings. The second-order valence-corrected chi connectivity index (χ2v) is 7.49. The minimum absolute atomic E-state index is 0.199. The van der Waals surface area contributed by atoms with E-state index >= 15 is 0 Å². The summed E-state index contributed by atoms with van der Waals surface area (Å²) in [5, 5.41) is 10.1. The van der Waals surface area contributed by atoms with Gasteiger partial charge in [0.2, 0.25) is 0 Å². The molecule has 0 radical (unpaired) electrons. The molecule has 1 N–H and O–H groups in total. The normalized spacial score (nSPS) is 24.5. The number of nitrogens with zero attached hydrogens (tertiary/aromatic N) is 2. The molecule has 1 saturated carbocycles. The van der Waals surface area contributed by atoms with E-state index in [1.807, 2.05) is 13.8 Å². The molecule has 2 aliphatic rings. The van der Waals surface area contributed by atoms with Gasteiger partial charge in [0.05, 0.1) is 18.8 Å². The minimum Gasteiger partial charge on any atom is -0.389 e. The number of hydrogen-bond acceptors (Lipinski definition) is 4. The smallest absolute Gasteiger partial charge is 0.0900 e. The first-order valence-corrected chi connectivity index (χ1v) is 9.38. The van der Waals surface area contributed by atoms with Crippen LogP contribution in [0.4, 0.5) is 0 Å². The molecule has 1 aliphatic heterocycles. The third-order valence-electron chi connectivity index (χ3n) is 5.01. The maximum absolute atomic E-state index is 10.1. The molecular weight excluding hydrogens is 276 g/mol. The maximum atomic E-state index is 10.1. The van der Waals surface area contributed by atoms with Crippen molar-refractivity contribution in [1.82, 2.24) is 9.80 Å². The number of hydrogen-bond donors (Lipinski definition) is 1. The van der Waals surface area contributed by atoms with Crippen LogP contribution in [0.1, 0.15) is 52.4 Å². The quantitative estimate of drug-likeness (QED) is 0.783. The molecule has 22 heavy (non-hydrogen) atoms. The first-order valence-electron chi connectivity index (χ1n) is 9.38. The highest BCUT2D eigenvalue weighted by Crippen LogP contribution is 2.24. The van der Waals surface area contributed by atoms with Gasteiger partial charge in [0.1, 0.15) is 0 Å². The van der Waals surface area contributed by atoms with Gasteiger partial charge in [-0.1, -0.05) is 19.3 Å². The highest BCUT2D eigenvalue weighted by atomic mass is 16.5. The van der Waals surface area contributed by atoms with E-state index in [-0.39, 0.29) is 12.2 Å². The molecule has 1 aliphatic carbocycles. The van der Waals surface area contributed by atoms with Crippen LogP contribution in [0.2, 0.25) is 0 Å². The van der Waals surface area contributed by atoms with Crippen molar-refractivity contribution in [3.05, 3.63) is 0 Å². The van der Waals surface area contributed by atoms with Crippen LogP contribution in [-0.2, 0) is 4.74 Å². The topological polar surface area (TPSA) is 35.9 Å². The summed E-state index contributed by atoms with van der Waals surface area (Å²) in [4.78, 5) is 5.07. The molecule has 1 saturated heterocycles. The molecule has 130 valence electrons. The Hall–Kier alpha value is -0.160. The Balaban J connectivity index is 1.65. The molecule has 2 rings (SSSR count). The predicted octanol–water partition coefficient (Wildman–Crippen LogP) is 2.36. The molecule has 0 aromatic heterocycles. The van der Waals surface area contributed by atoms with Gasteiger partial charge in [-0.15, -0.1) is 0 Å². The Morgan fingerprint density at radius 2 is 1.64 bits per heavy atom. The SMILES string of the molecule is CC(C)OCC(O)CN1CCCN(CC2CCCCC2)CC1. The van der Waals surface area contributed by atoms with Gasteiger partial charge in [-0.05, 0) is 52.1 Å². The summed E-state index contributed by atoms with van der Waals surface area (Å²) in [6.07, 6.45) is 8.26. The Kier molecular flexibility index (Phi) is 8.15. The van der Waals surface area contributed by atoms with Crippen LogP contribution in [0, 0.1) is 5.92 Å². The second-order valence-electron chi connectivity index (χ2n) is 7.49. The summed E-state index contributed by atoms with van der Waals surface area (Å²) >= 11 is 0. The van der Waals surface area contributed by atoms with E-state index in [9.17, 15) is 5.11 Å². The van der Waals surface area contributed by atoms with Crippen LogP contribution in [0.5, 0.6) is 0 Å². The van der Waals surface area contributed by atoms with Crippen molar-refractivity contribution in [1.29, 1.82) is 0 Å². The van der Waals surface area contributed by atoms with E-state index in [0.717, 1.165) is 32.1 Å². The Bertz CT molecular complexity index is 293. The molecular formula is C18H36N2O2. The Labute approximate surface area is 136 Å². The molecule has 4 heteroatoms. The zero-order chi connectivity index (χ0) is 15.8. The summed E-state index contributed by atoms with van der Waals surface area (Å²) in [5.41, 5.74) is 0. The van der Waals surface area contributed by atoms with Crippen LogP contribution < -0.4 is 0 Å². The van der Waals surface area contributed by atoms with Gasteiger partial charge in [-0.25, -0.2) is 0 Å². The van der Waals surface area contributed by atoms with Crippen molar-refractivity contribution in [3.8, 4) is 0 Å². The van der Waals surface area contributed by atoms with E-state index in [2.05, 4.69) is 9.80 Å². The van der Waals surface area contributed by atoms with E-state index in [1.54, 1.807) is 0 Å². The molecule has 0 bridgehead atoms.